The van der Waals surface area contributed by atoms with Crippen LogP contribution in [0, 0.1) is 6.92 Å². The van der Waals surface area contributed by atoms with Crippen LogP contribution in [0.3, 0.4) is 0 Å². The number of rotatable bonds is 1. The van der Waals surface area contributed by atoms with Gasteiger partial charge in [0, 0.05) is 12.2 Å². The highest BCUT2D eigenvalue weighted by Gasteiger charge is 2.18. The molecule has 0 saturated carbocycles. The number of carboxylic acid groups (broad SMARTS) is 1. The zero-order chi connectivity index (χ0) is 10.1. The molecule has 1 aliphatic heterocycles. The number of anilines is 1. The first kappa shape index (κ1) is 9.06. The molecule has 0 atom stereocenters. The fourth-order valence-corrected chi connectivity index (χ4v) is 1.98. The molecule has 0 bridgehead atoms. The van der Waals surface area contributed by atoms with Crippen molar-refractivity contribution in [1.82, 2.24) is 0 Å². The summed E-state index contributed by atoms with van der Waals surface area (Å²) in [6.07, 6.45) is 1.88. The van der Waals surface area contributed by atoms with Crippen molar-refractivity contribution in [2.75, 3.05) is 11.9 Å². The molecule has 2 N–H and O–H groups in total. The van der Waals surface area contributed by atoms with Gasteiger partial charge in [0.25, 0.3) is 0 Å². The van der Waals surface area contributed by atoms with Crippen LogP contribution in [-0.2, 0) is 6.42 Å². The second kappa shape index (κ2) is 3.33. The number of aryl methyl sites for hydroxylation is 1. The van der Waals surface area contributed by atoms with Gasteiger partial charge in [0.05, 0.1) is 5.56 Å². The summed E-state index contributed by atoms with van der Waals surface area (Å²) < 4.78 is 0. The highest BCUT2D eigenvalue weighted by Crippen LogP contribution is 2.27. The standard InChI is InChI=1S/C11H13NO2/c1-7-4-5-9-8(3-2-6-12-9)10(7)11(13)14/h4-5,12H,2-3,6H2,1H3,(H,13,14). The minimum Gasteiger partial charge on any atom is -0.478 e. The van der Waals surface area contributed by atoms with Crippen LogP contribution in [-0.4, -0.2) is 17.6 Å². The molecule has 3 nitrogen and oxygen atoms in total. The Balaban J connectivity index is 2.60. The molecule has 2 rings (SSSR count). The third-order valence-electron chi connectivity index (χ3n) is 2.65. The third-order valence-corrected chi connectivity index (χ3v) is 2.65. The van der Waals surface area contributed by atoms with Crippen molar-refractivity contribution < 1.29 is 9.90 Å². The van der Waals surface area contributed by atoms with Gasteiger partial charge in [-0.1, -0.05) is 6.07 Å². The summed E-state index contributed by atoms with van der Waals surface area (Å²) in [4.78, 5) is 11.1. The predicted molar refractivity (Wildman–Crippen MR) is 54.9 cm³/mol. The number of fused-ring (bicyclic) bond motifs is 1. The van der Waals surface area contributed by atoms with Crippen LogP contribution in [0.1, 0.15) is 27.9 Å². The number of hydrogen-bond acceptors (Lipinski definition) is 2. The van der Waals surface area contributed by atoms with E-state index in [9.17, 15) is 4.79 Å². The summed E-state index contributed by atoms with van der Waals surface area (Å²) in [7, 11) is 0. The van der Waals surface area contributed by atoms with E-state index in [0.717, 1.165) is 36.2 Å². The number of hydrogen-bond donors (Lipinski definition) is 2. The first-order valence-electron chi connectivity index (χ1n) is 4.80. The zero-order valence-electron chi connectivity index (χ0n) is 8.13. The Morgan fingerprint density at radius 2 is 2.29 bits per heavy atom. The molecular formula is C11H13NO2. The molecule has 0 radical (unpaired) electrons. The van der Waals surface area contributed by atoms with Gasteiger partial charge in [-0.3, -0.25) is 0 Å². The van der Waals surface area contributed by atoms with Gasteiger partial charge in [-0.2, -0.15) is 0 Å². The smallest absolute Gasteiger partial charge is 0.336 e. The topological polar surface area (TPSA) is 49.3 Å². The largest absolute Gasteiger partial charge is 0.478 e. The number of nitrogens with one attached hydrogen (secondary N) is 1. The molecule has 1 heterocycles. The number of benzene rings is 1. The normalized spacial score (nSPS) is 14.4. The van der Waals surface area contributed by atoms with Crippen LogP contribution in [0.4, 0.5) is 5.69 Å². The van der Waals surface area contributed by atoms with Gasteiger partial charge in [-0.05, 0) is 37.0 Å². The van der Waals surface area contributed by atoms with E-state index >= 15 is 0 Å². The first-order chi connectivity index (χ1) is 6.70. The average molecular weight is 191 g/mol. The van der Waals surface area contributed by atoms with E-state index in [1.54, 1.807) is 0 Å². The Kier molecular flexibility index (Phi) is 2.15. The van der Waals surface area contributed by atoms with E-state index < -0.39 is 5.97 Å². The molecule has 0 aromatic heterocycles. The molecule has 0 fully saturated rings. The van der Waals surface area contributed by atoms with Crippen LogP contribution >= 0.6 is 0 Å². The second-order valence-corrected chi connectivity index (χ2v) is 3.62. The molecule has 1 aromatic rings. The minimum absolute atomic E-state index is 0.481. The summed E-state index contributed by atoms with van der Waals surface area (Å²) in [5.74, 6) is -0.817. The third kappa shape index (κ3) is 1.35. The number of carboxylic acids is 1. The quantitative estimate of drug-likeness (QED) is 0.714. The molecule has 1 aliphatic rings. The molecule has 74 valence electrons. The molecule has 1 aromatic carbocycles. The molecule has 0 amide bonds. The van der Waals surface area contributed by atoms with Crippen molar-refractivity contribution in [3.8, 4) is 0 Å². The highest BCUT2D eigenvalue weighted by molar-refractivity contribution is 5.93. The maximum atomic E-state index is 11.1. The average Bonchev–Trinajstić information content (AvgIpc) is 2.17. The lowest BCUT2D eigenvalue weighted by Crippen LogP contribution is -2.16. The lowest BCUT2D eigenvalue weighted by Gasteiger charge is -2.20. The molecule has 14 heavy (non-hydrogen) atoms. The van der Waals surface area contributed by atoms with E-state index in [2.05, 4.69) is 5.32 Å². The molecule has 0 unspecified atom stereocenters. The first-order valence-corrected chi connectivity index (χ1v) is 4.80. The summed E-state index contributed by atoms with van der Waals surface area (Å²) in [5, 5.41) is 12.3. The molecule has 0 aliphatic carbocycles. The van der Waals surface area contributed by atoms with Gasteiger partial charge < -0.3 is 10.4 Å². The van der Waals surface area contributed by atoms with E-state index in [1.165, 1.54) is 0 Å². The highest BCUT2D eigenvalue weighted by atomic mass is 16.4. The lowest BCUT2D eigenvalue weighted by molar-refractivity contribution is 0.0695. The van der Waals surface area contributed by atoms with Crippen molar-refractivity contribution >= 4 is 11.7 Å². The SMILES string of the molecule is Cc1ccc2c(c1C(=O)O)CCCN2. The maximum absolute atomic E-state index is 11.1. The summed E-state index contributed by atoms with van der Waals surface area (Å²) in [5.41, 5.74) is 3.28. The van der Waals surface area contributed by atoms with Crippen LogP contribution in [0.25, 0.3) is 0 Å². The van der Waals surface area contributed by atoms with Crippen molar-refractivity contribution in [1.29, 1.82) is 0 Å². The van der Waals surface area contributed by atoms with Crippen LogP contribution < -0.4 is 5.32 Å². The van der Waals surface area contributed by atoms with E-state index in [0.29, 0.717) is 5.56 Å². The molecular weight excluding hydrogens is 178 g/mol. The van der Waals surface area contributed by atoms with Crippen LogP contribution in [0.2, 0.25) is 0 Å². The molecule has 0 spiro atoms. The summed E-state index contributed by atoms with van der Waals surface area (Å²) >= 11 is 0. The zero-order valence-corrected chi connectivity index (χ0v) is 8.13. The van der Waals surface area contributed by atoms with Gasteiger partial charge in [-0.25, -0.2) is 4.79 Å². The van der Waals surface area contributed by atoms with Crippen molar-refractivity contribution in [2.45, 2.75) is 19.8 Å². The van der Waals surface area contributed by atoms with Gasteiger partial charge in [0.2, 0.25) is 0 Å². The van der Waals surface area contributed by atoms with Gasteiger partial charge in [0.15, 0.2) is 0 Å². The lowest BCUT2D eigenvalue weighted by atomic mass is 9.94. The van der Waals surface area contributed by atoms with Crippen molar-refractivity contribution in [3.63, 3.8) is 0 Å². The fraction of sp³-hybridized carbons (Fsp3) is 0.364. The summed E-state index contributed by atoms with van der Waals surface area (Å²) in [6.45, 7) is 2.79. The molecule has 3 heteroatoms. The summed E-state index contributed by atoms with van der Waals surface area (Å²) in [6, 6.07) is 3.83. The van der Waals surface area contributed by atoms with Gasteiger partial charge in [-0.15, -0.1) is 0 Å². The maximum Gasteiger partial charge on any atom is 0.336 e. The monoisotopic (exact) mass is 191 g/mol. The minimum atomic E-state index is -0.817. The Labute approximate surface area is 82.8 Å². The Morgan fingerprint density at radius 3 is 3.00 bits per heavy atom. The van der Waals surface area contributed by atoms with Crippen LogP contribution in [0.15, 0.2) is 12.1 Å². The Bertz CT molecular complexity index is 385. The Morgan fingerprint density at radius 1 is 1.50 bits per heavy atom. The number of aromatic carboxylic acids is 1. The van der Waals surface area contributed by atoms with Crippen molar-refractivity contribution in [2.24, 2.45) is 0 Å². The van der Waals surface area contributed by atoms with E-state index in [-0.39, 0.29) is 0 Å². The van der Waals surface area contributed by atoms with Crippen molar-refractivity contribution in [3.05, 3.63) is 28.8 Å². The van der Waals surface area contributed by atoms with E-state index in [1.807, 2.05) is 19.1 Å². The van der Waals surface area contributed by atoms with E-state index in [4.69, 9.17) is 5.11 Å². The Hall–Kier alpha value is -1.51. The predicted octanol–water partition coefficient (Wildman–Crippen LogP) is 2.05. The van der Waals surface area contributed by atoms with Gasteiger partial charge in [0.1, 0.15) is 0 Å². The fourth-order valence-electron chi connectivity index (χ4n) is 1.98. The molecule has 0 saturated heterocycles. The van der Waals surface area contributed by atoms with Crippen LogP contribution in [0.5, 0.6) is 0 Å². The second-order valence-electron chi connectivity index (χ2n) is 3.62. The number of carbonyl (C=O) groups is 1. The van der Waals surface area contributed by atoms with Gasteiger partial charge >= 0.3 is 5.97 Å².